The largest absolute Gasteiger partial charge is 0.508 e. The quantitative estimate of drug-likeness (QED) is 0.153. The number of hydrogen-bond acceptors (Lipinski definition) is 17. The molecule has 4 aliphatic rings. The maximum atomic E-state index is 16.5. The first-order chi connectivity index (χ1) is 27.3. The van der Waals surface area contributed by atoms with Crippen molar-refractivity contribution in [1.82, 2.24) is 29.7 Å². The number of benzene rings is 2. The number of carbonyl (C=O) groups excluding carboxylic acids is 2. The minimum atomic E-state index is -5.21. The van der Waals surface area contributed by atoms with Crippen molar-refractivity contribution >= 4 is 54.7 Å². The fraction of sp³-hybridized carbons (Fsp3) is 0.364. The number of imidazole rings is 1. The van der Waals surface area contributed by atoms with Gasteiger partial charge < -0.3 is 30.5 Å². The molecule has 2 aromatic carbocycles. The van der Waals surface area contributed by atoms with Crippen molar-refractivity contribution in [3.05, 3.63) is 90.2 Å². The van der Waals surface area contributed by atoms with Crippen LogP contribution >= 0.6 is 26.0 Å². The maximum absolute atomic E-state index is 16.5. The van der Waals surface area contributed by atoms with E-state index < -0.39 is 83.0 Å². The summed E-state index contributed by atoms with van der Waals surface area (Å²) < 4.78 is 96.0. The zero-order valence-electron chi connectivity index (χ0n) is 29.2. The van der Waals surface area contributed by atoms with Gasteiger partial charge in [0.1, 0.15) is 42.0 Å². The maximum Gasteiger partial charge on any atom is 0.472 e. The molecule has 4 aromatic rings. The summed E-state index contributed by atoms with van der Waals surface area (Å²) in [6.45, 7) is -6.50. The summed E-state index contributed by atoms with van der Waals surface area (Å²) in [5, 5.41) is 12.3. The first-order valence-corrected chi connectivity index (χ1v) is 21.8. The smallest absolute Gasteiger partial charge is 0.472 e. The van der Waals surface area contributed by atoms with Crippen LogP contribution in [0.4, 0.5) is 14.6 Å². The number of ether oxygens (including phenoxy) is 2. The van der Waals surface area contributed by atoms with Crippen molar-refractivity contribution in [2.75, 3.05) is 25.6 Å². The van der Waals surface area contributed by atoms with E-state index in [2.05, 4.69) is 20.3 Å². The molecule has 57 heavy (non-hydrogen) atoms. The van der Waals surface area contributed by atoms with Gasteiger partial charge in [-0.3, -0.25) is 37.2 Å². The highest BCUT2D eigenvalue weighted by atomic mass is 32.7. The number of anilines is 1. The molecule has 2 aromatic heterocycles. The highest BCUT2D eigenvalue weighted by Crippen LogP contribution is 2.65. The average molecular weight is 852 g/mol. The Morgan fingerprint density at radius 3 is 2.37 bits per heavy atom. The lowest BCUT2D eigenvalue weighted by atomic mass is 10.0. The predicted octanol–water partition coefficient (Wildman–Crippen LogP) is 3.51. The first kappa shape index (κ1) is 39.5. The number of nitrogens with zero attached hydrogens (tertiary/aromatic N) is 5. The van der Waals surface area contributed by atoms with E-state index in [4.69, 9.17) is 33.3 Å². The van der Waals surface area contributed by atoms with Crippen LogP contribution in [0.5, 0.6) is 5.75 Å². The van der Waals surface area contributed by atoms with Crippen LogP contribution in [0.3, 0.4) is 0 Å². The molecule has 1 amide bonds. The van der Waals surface area contributed by atoms with Gasteiger partial charge in [-0.05, 0) is 41.2 Å². The molecule has 4 unspecified atom stereocenters. The number of halogens is 2. The summed E-state index contributed by atoms with van der Waals surface area (Å²) in [6.07, 6.45) is -9.58. The van der Waals surface area contributed by atoms with Crippen LogP contribution in [0, 0.1) is 0 Å². The normalized spacial score (nSPS) is 33.2. The third kappa shape index (κ3) is 8.07. The van der Waals surface area contributed by atoms with Gasteiger partial charge in [0.2, 0.25) is 0 Å². The monoisotopic (exact) mass is 851 g/mol. The van der Waals surface area contributed by atoms with Crippen LogP contribution in [-0.2, 0) is 47.2 Å². The fourth-order valence-corrected chi connectivity index (χ4v) is 10.9. The number of aromatic hydroxyl groups is 1. The number of fused-ring (bicyclic) bond motifs is 4. The first-order valence-electron chi connectivity index (χ1n) is 17.2. The molecule has 5 N–H and O–H groups in total. The molecule has 0 saturated carbocycles. The number of alkyl halides is 2. The second-order valence-electron chi connectivity index (χ2n) is 13.1. The Labute approximate surface area is 325 Å². The van der Waals surface area contributed by atoms with E-state index in [-0.39, 0.29) is 40.9 Å². The van der Waals surface area contributed by atoms with E-state index in [0.717, 1.165) is 17.3 Å². The second-order valence-corrected chi connectivity index (χ2v) is 18.5. The molecule has 3 saturated heterocycles. The lowest BCUT2D eigenvalue weighted by molar-refractivity contribution is -0.146. The number of phosphoric ester groups is 1. The number of nitrogens with two attached hydrogens (primary N) is 1. The summed E-state index contributed by atoms with van der Waals surface area (Å²) in [5.74, 6) is -1.03. The lowest BCUT2D eigenvalue weighted by Crippen LogP contribution is -2.50. The molecule has 302 valence electrons. The summed E-state index contributed by atoms with van der Waals surface area (Å²) in [5.41, 5.74) is 7.39. The highest BCUT2D eigenvalue weighted by Gasteiger charge is 2.56. The van der Waals surface area contributed by atoms with Crippen molar-refractivity contribution in [3.63, 3.8) is 0 Å². The van der Waals surface area contributed by atoms with Gasteiger partial charge in [0.05, 0.1) is 26.2 Å². The standard InChI is InChI=1S/C33H33F2N7O12P2S/c34-24-21-11-49-55(46,47)53-28-22(52-32(25(28)35)41-15-37-10-9-23(41)44)12-50-56(48,54-29(24)33(51-21)42-16-40-26-30(36)38-14-39-31(26)42)57-13-17-1-3-18(4-2-17)27(45)19-5-7-20(43)8-6-19/h1-10,14,16,21-22,24-25,28-29,32-33,37,43H,11-13,15H2,(H,46,47)(H2,36,38,39)/t21-,22-,24-,25-,28-,29-,32?,33?,56?/m1/s1. The van der Waals surface area contributed by atoms with E-state index in [9.17, 15) is 28.7 Å². The Bertz CT molecular complexity index is 2290. The topological polar surface area (TPSA) is 249 Å². The van der Waals surface area contributed by atoms with Gasteiger partial charge in [0.15, 0.2) is 42.0 Å². The van der Waals surface area contributed by atoms with Crippen LogP contribution in [-0.4, -0.2) is 109 Å². The minimum absolute atomic E-state index is 0.000368. The number of rotatable bonds is 7. The molecule has 4 aliphatic heterocycles. The number of nitrogens with one attached hydrogen (secondary N) is 1. The summed E-state index contributed by atoms with van der Waals surface area (Å²) in [6, 6.07) is 12.0. The number of amides is 1. The van der Waals surface area contributed by atoms with E-state index in [0.29, 0.717) is 28.1 Å². The molecule has 8 rings (SSSR count). The van der Waals surface area contributed by atoms with Crippen LogP contribution in [0.1, 0.15) is 27.7 Å². The molecule has 6 heterocycles. The van der Waals surface area contributed by atoms with Crippen molar-refractivity contribution in [2.45, 2.75) is 55.0 Å². The van der Waals surface area contributed by atoms with E-state index in [1.165, 1.54) is 41.4 Å². The number of phenols is 1. The Balaban J connectivity index is 1.10. The number of phenolic OH excluding ortho intramolecular Hbond substituents is 1. The predicted molar refractivity (Wildman–Crippen MR) is 194 cm³/mol. The van der Waals surface area contributed by atoms with Gasteiger partial charge in [-0.25, -0.2) is 32.9 Å². The molecule has 0 aliphatic carbocycles. The second kappa shape index (κ2) is 15.8. The van der Waals surface area contributed by atoms with Crippen molar-refractivity contribution in [3.8, 4) is 5.75 Å². The van der Waals surface area contributed by atoms with Crippen LogP contribution < -0.4 is 11.1 Å². The molecule has 0 spiro atoms. The Hall–Kier alpha value is -4.34. The molecular formula is C33H33F2N7O12P2S. The Kier molecular flexibility index (Phi) is 10.9. The molecule has 2 bridgehead atoms. The molecule has 0 radical (unpaired) electrons. The van der Waals surface area contributed by atoms with E-state index in [1.807, 2.05) is 0 Å². The Morgan fingerprint density at radius 1 is 0.930 bits per heavy atom. The number of nitrogen functional groups attached to an aromatic ring is 1. The van der Waals surface area contributed by atoms with Gasteiger partial charge in [-0.15, -0.1) is 0 Å². The number of aromatic nitrogens is 4. The number of carbonyl (C=O) groups is 2. The number of phosphoric acid groups is 1. The van der Waals surface area contributed by atoms with Crippen molar-refractivity contribution in [2.24, 2.45) is 0 Å². The highest BCUT2D eigenvalue weighted by molar-refractivity contribution is 8.54. The molecular weight excluding hydrogens is 818 g/mol. The molecule has 3 fully saturated rings. The van der Waals surface area contributed by atoms with Gasteiger partial charge >= 0.3 is 14.6 Å². The third-order valence-electron chi connectivity index (χ3n) is 9.43. The SMILES string of the molecule is Nc1ncnc2c1ncn2C1O[C@@H]2COP(=O)(O)O[C@@H]3[C@@H](COP(=O)(SCc4ccc(C(=O)c5ccc(O)cc5)cc4)O[C@@H]1[C@@H]2F)OC(N1CNC=CC1=O)[C@@H]3F. The number of hydrogen-bond donors (Lipinski definition) is 4. The van der Waals surface area contributed by atoms with Gasteiger partial charge in [0, 0.05) is 29.2 Å². The fourth-order valence-electron chi connectivity index (χ4n) is 6.55. The van der Waals surface area contributed by atoms with E-state index in [1.54, 1.807) is 24.3 Å². The molecule has 19 nitrogen and oxygen atoms in total. The summed E-state index contributed by atoms with van der Waals surface area (Å²) >= 11 is 0.626. The zero-order chi connectivity index (χ0) is 40.1. The lowest BCUT2D eigenvalue weighted by Gasteiger charge is -2.31. The van der Waals surface area contributed by atoms with Crippen LogP contribution in [0.25, 0.3) is 11.2 Å². The van der Waals surface area contributed by atoms with Crippen molar-refractivity contribution < 1.29 is 65.1 Å². The third-order valence-corrected chi connectivity index (χ3v) is 14.1. The van der Waals surface area contributed by atoms with E-state index >= 15 is 8.78 Å². The molecule has 24 heteroatoms. The van der Waals surface area contributed by atoms with Crippen LogP contribution in [0.2, 0.25) is 0 Å². The summed E-state index contributed by atoms with van der Waals surface area (Å²) in [4.78, 5) is 49.6. The zero-order valence-corrected chi connectivity index (χ0v) is 31.8. The number of ketones is 1. The average Bonchev–Trinajstić information content (AvgIpc) is 3.86. The molecule has 10 atom stereocenters. The van der Waals surface area contributed by atoms with Crippen molar-refractivity contribution in [1.29, 1.82) is 0 Å². The Morgan fingerprint density at radius 2 is 1.63 bits per heavy atom. The van der Waals surface area contributed by atoms with Crippen LogP contribution in [0.15, 0.2) is 73.5 Å². The van der Waals surface area contributed by atoms with Gasteiger partial charge in [0.25, 0.3) is 5.91 Å². The van der Waals surface area contributed by atoms with Gasteiger partial charge in [-0.2, -0.15) is 0 Å². The summed E-state index contributed by atoms with van der Waals surface area (Å²) in [7, 11) is -5.21. The minimum Gasteiger partial charge on any atom is -0.508 e. The van der Waals surface area contributed by atoms with Gasteiger partial charge in [-0.1, -0.05) is 24.3 Å².